The van der Waals surface area contributed by atoms with Crippen molar-refractivity contribution >= 4 is 0 Å². The molecule has 2 heteroatoms. The molecule has 0 aliphatic rings. The number of rotatable bonds is 19. The van der Waals surface area contributed by atoms with Crippen molar-refractivity contribution in [3.63, 3.8) is 0 Å². The molecule has 0 saturated carbocycles. The van der Waals surface area contributed by atoms with Gasteiger partial charge in [0.1, 0.15) is 0 Å². The summed E-state index contributed by atoms with van der Waals surface area (Å²) in [5, 5.41) is 4.86. The normalized spacial score (nSPS) is 11.8. The Balaban J connectivity index is 3.47. The van der Waals surface area contributed by atoms with Gasteiger partial charge < -0.3 is 0 Å². The van der Waals surface area contributed by atoms with Gasteiger partial charge in [-0.15, -0.1) is 0 Å². The number of nitrogens with zero attached hydrogens (tertiary/aromatic N) is 2. The van der Waals surface area contributed by atoms with Crippen LogP contribution in [0, 0.1) is 0 Å². The van der Waals surface area contributed by atoms with Crippen molar-refractivity contribution < 1.29 is 0 Å². The molecule has 24 heavy (non-hydrogen) atoms. The van der Waals surface area contributed by atoms with Crippen molar-refractivity contribution in [1.29, 1.82) is 0 Å². The molecule has 0 aromatic heterocycles. The number of hydrogen-bond donors (Lipinski definition) is 0. The minimum atomic E-state index is 1.25. The Morgan fingerprint density at radius 3 is 1.00 bits per heavy atom. The van der Waals surface area contributed by atoms with Gasteiger partial charge in [-0.25, -0.2) is 10.0 Å². The molecule has 2 nitrogen and oxygen atoms in total. The second kappa shape index (κ2) is 19.2. The van der Waals surface area contributed by atoms with Crippen molar-refractivity contribution in [2.45, 2.75) is 117 Å². The van der Waals surface area contributed by atoms with Crippen molar-refractivity contribution in [2.24, 2.45) is 0 Å². The van der Waals surface area contributed by atoms with Gasteiger partial charge in [-0.2, -0.15) is 0 Å². The summed E-state index contributed by atoms with van der Waals surface area (Å²) in [6.45, 7) is 7.08. The van der Waals surface area contributed by atoms with Gasteiger partial charge in [0.05, 0.1) is 0 Å². The van der Waals surface area contributed by atoms with E-state index in [4.69, 9.17) is 0 Å². The lowest BCUT2D eigenvalue weighted by Gasteiger charge is -2.29. The van der Waals surface area contributed by atoms with Crippen LogP contribution in [-0.4, -0.2) is 37.2 Å². The highest BCUT2D eigenvalue weighted by molar-refractivity contribution is 4.55. The van der Waals surface area contributed by atoms with Gasteiger partial charge in [0.2, 0.25) is 0 Å². The van der Waals surface area contributed by atoms with E-state index in [1.165, 1.54) is 116 Å². The van der Waals surface area contributed by atoms with E-state index in [0.717, 1.165) is 0 Å². The number of unbranched alkanes of at least 4 members (excludes halogenated alkanes) is 14. The highest BCUT2D eigenvalue weighted by atomic mass is 15.6. The molecule has 0 bridgehead atoms. The van der Waals surface area contributed by atoms with Crippen LogP contribution in [0.25, 0.3) is 0 Å². The molecule has 146 valence electrons. The van der Waals surface area contributed by atoms with Crippen LogP contribution in [0.3, 0.4) is 0 Å². The zero-order valence-electron chi connectivity index (χ0n) is 17.6. The van der Waals surface area contributed by atoms with E-state index in [1.807, 2.05) is 0 Å². The molecule has 0 amide bonds. The third-order valence-electron chi connectivity index (χ3n) is 5.11. The van der Waals surface area contributed by atoms with Crippen molar-refractivity contribution in [3.05, 3.63) is 0 Å². The molecule has 0 radical (unpaired) electrons. The second-order valence-corrected chi connectivity index (χ2v) is 7.75. The molecule has 0 aromatic rings. The molecule has 0 aromatic carbocycles. The fourth-order valence-electron chi connectivity index (χ4n) is 3.37. The van der Waals surface area contributed by atoms with E-state index < -0.39 is 0 Å². The summed E-state index contributed by atoms with van der Waals surface area (Å²) in [5.74, 6) is 0. The largest absolute Gasteiger partial charge is 0.248 e. The van der Waals surface area contributed by atoms with Crippen molar-refractivity contribution in [3.8, 4) is 0 Å². The first-order valence-corrected chi connectivity index (χ1v) is 11.1. The van der Waals surface area contributed by atoms with Gasteiger partial charge >= 0.3 is 0 Å². The summed E-state index contributed by atoms with van der Waals surface area (Å²) < 4.78 is 0. The van der Waals surface area contributed by atoms with Crippen LogP contribution in [0.5, 0.6) is 0 Å². The summed E-state index contributed by atoms with van der Waals surface area (Å²) in [7, 11) is 4.41. The van der Waals surface area contributed by atoms with E-state index in [0.29, 0.717) is 0 Å². The molecular weight excluding hydrogens is 292 g/mol. The first kappa shape index (κ1) is 23.9. The topological polar surface area (TPSA) is 6.48 Å². The summed E-state index contributed by atoms with van der Waals surface area (Å²) in [4.78, 5) is 0. The van der Waals surface area contributed by atoms with Gasteiger partial charge in [-0.05, 0) is 12.8 Å². The Morgan fingerprint density at radius 2 is 0.708 bits per heavy atom. The predicted octanol–water partition coefficient (Wildman–Crippen LogP) is 7.05. The first-order valence-electron chi connectivity index (χ1n) is 11.1. The van der Waals surface area contributed by atoms with E-state index in [2.05, 4.69) is 38.0 Å². The summed E-state index contributed by atoms with van der Waals surface area (Å²) in [5.41, 5.74) is 0. The monoisotopic (exact) mass is 340 g/mol. The smallest absolute Gasteiger partial charge is 0.0133 e. The van der Waals surface area contributed by atoms with Crippen LogP contribution in [0.2, 0.25) is 0 Å². The molecule has 0 heterocycles. The third-order valence-corrected chi connectivity index (χ3v) is 5.11. The Morgan fingerprint density at radius 1 is 0.417 bits per heavy atom. The Kier molecular flexibility index (Phi) is 19.2. The highest BCUT2D eigenvalue weighted by Gasteiger charge is 2.06. The Bertz CT molecular complexity index is 208. The van der Waals surface area contributed by atoms with Crippen LogP contribution in [0.15, 0.2) is 0 Å². The fraction of sp³-hybridized carbons (Fsp3) is 1.00. The molecule has 0 aliphatic heterocycles. The number of hydrogen-bond acceptors (Lipinski definition) is 2. The lowest BCUT2D eigenvalue weighted by Crippen LogP contribution is -2.38. The first-order chi connectivity index (χ1) is 11.7. The fourth-order valence-corrected chi connectivity index (χ4v) is 3.37. The minimum Gasteiger partial charge on any atom is -0.248 e. The zero-order valence-corrected chi connectivity index (χ0v) is 17.6. The molecule has 0 N–H and O–H groups in total. The third kappa shape index (κ3) is 16.8. The Labute approximate surface area is 154 Å². The van der Waals surface area contributed by atoms with Gasteiger partial charge in [0.25, 0.3) is 0 Å². The molecule has 0 spiro atoms. The van der Waals surface area contributed by atoms with Crippen molar-refractivity contribution in [1.82, 2.24) is 10.0 Å². The molecule has 0 unspecified atom stereocenters. The van der Waals surface area contributed by atoms with E-state index in [9.17, 15) is 0 Å². The van der Waals surface area contributed by atoms with Gasteiger partial charge in [-0.3, -0.25) is 0 Å². The van der Waals surface area contributed by atoms with Crippen LogP contribution >= 0.6 is 0 Å². The summed E-state index contributed by atoms with van der Waals surface area (Å²) >= 11 is 0. The number of hydrazine groups is 1. The van der Waals surface area contributed by atoms with E-state index >= 15 is 0 Å². The van der Waals surface area contributed by atoms with E-state index in [1.54, 1.807) is 0 Å². The van der Waals surface area contributed by atoms with Crippen molar-refractivity contribution in [2.75, 3.05) is 27.2 Å². The lowest BCUT2D eigenvalue weighted by molar-refractivity contribution is 0.0216. The molecule has 0 saturated heterocycles. The maximum atomic E-state index is 2.55. The minimum absolute atomic E-state index is 1.25. The predicted molar refractivity (Wildman–Crippen MR) is 110 cm³/mol. The molecular formula is C22H48N2. The average Bonchev–Trinajstić information content (AvgIpc) is 2.57. The maximum Gasteiger partial charge on any atom is 0.0133 e. The SMILES string of the molecule is CCCCCCCCCCN(CCCCCCCCCC)N(C)C. The summed E-state index contributed by atoms with van der Waals surface area (Å²) in [6, 6.07) is 0. The quantitative estimate of drug-likeness (QED) is 0.184. The maximum absolute atomic E-state index is 2.55. The zero-order chi connectivity index (χ0) is 17.9. The highest BCUT2D eigenvalue weighted by Crippen LogP contribution is 2.11. The molecule has 0 aliphatic carbocycles. The van der Waals surface area contributed by atoms with Crippen LogP contribution in [-0.2, 0) is 0 Å². The lowest BCUT2D eigenvalue weighted by atomic mass is 10.1. The standard InChI is InChI=1S/C22H48N2/c1-5-7-9-11-13-15-17-19-21-24(23(3)4)22-20-18-16-14-12-10-8-6-2/h5-22H2,1-4H3. The van der Waals surface area contributed by atoms with Crippen LogP contribution in [0.1, 0.15) is 117 Å². The summed E-state index contributed by atoms with van der Waals surface area (Å²) in [6.07, 6.45) is 22.6. The van der Waals surface area contributed by atoms with Crippen LogP contribution in [0.4, 0.5) is 0 Å². The second-order valence-electron chi connectivity index (χ2n) is 7.75. The van der Waals surface area contributed by atoms with Crippen LogP contribution < -0.4 is 0 Å². The van der Waals surface area contributed by atoms with Gasteiger partial charge in [0, 0.05) is 27.2 Å². The van der Waals surface area contributed by atoms with E-state index in [-0.39, 0.29) is 0 Å². The molecule has 0 fully saturated rings. The molecule has 0 rings (SSSR count). The molecule has 0 atom stereocenters. The Hall–Kier alpha value is -0.0800. The average molecular weight is 341 g/mol. The van der Waals surface area contributed by atoms with Gasteiger partial charge in [0.15, 0.2) is 0 Å². The van der Waals surface area contributed by atoms with Gasteiger partial charge in [-0.1, -0.05) is 104 Å².